The molecule has 0 aliphatic carbocycles. The van der Waals surface area contributed by atoms with Crippen molar-refractivity contribution in [2.75, 3.05) is 0 Å². The van der Waals surface area contributed by atoms with Crippen molar-refractivity contribution in [2.24, 2.45) is 0 Å². The predicted molar refractivity (Wildman–Crippen MR) is 87.4 cm³/mol. The molecule has 0 spiro atoms. The standard InChI is InChI=1S/C16H19NOS2/c1-11-6-7-15(12(2)9-11)20-13(3)16(18)17-10-14-5-4-8-19-14/h4-9,13H,10H2,1-3H3,(H,17,18). The number of carbonyl (C=O) groups is 1. The maximum atomic E-state index is 12.1. The fourth-order valence-corrected chi connectivity index (χ4v) is 3.51. The van der Waals surface area contributed by atoms with Gasteiger partial charge in [-0.05, 0) is 43.8 Å². The van der Waals surface area contributed by atoms with Gasteiger partial charge in [-0.2, -0.15) is 0 Å². The molecule has 4 heteroatoms. The molecule has 106 valence electrons. The minimum absolute atomic E-state index is 0.0865. The Kier molecular flexibility index (Phi) is 5.26. The fourth-order valence-electron chi connectivity index (χ4n) is 1.91. The van der Waals surface area contributed by atoms with Crippen molar-refractivity contribution in [3.8, 4) is 0 Å². The summed E-state index contributed by atoms with van der Waals surface area (Å²) in [6.07, 6.45) is 0. The number of benzene rings is 1. The van der Waals surface area contributed by atoms with Crippen LogP contribution in [0.25, 0.3) is 0 Å². The van der Waals surface area contributed by atoms with Gasteiger partial charge in [-0.1, -0.05) is 23.8 Å². The number of nitrogens with one attached hydrogen (secondary N) is 1. The van der Waals surface area contributed by atoms with Crippen molar-refractivity contribution in [3.63, 3.8) is 0 Å². The summed E-state index contributed by atoms with van der Waals surface area (Å²) in [4.78, 5) is 14.5. The first-order valence-corrected chi connectivity index (χ1v) is 8.36. The Morgan fingerprint density at radius 3 is 2.80 bits per heavy atom. The summed E-state index contributed by atoms with van der Waals surface area (Å²) in [5.74, 6) is 0.0865. The SMILES string of the molecule is Cc1ccc(SC(C)C(=O)NCc2cccs2)c(C)c1. The molecule has 0 aliphatic heterocycles. The van der Waals surface area contributed by atoms with Gasteiger partial charge in [0, 0.05) is 9.77 Å². The Labute approximate surface area is 128 Å². The molecular weight excluding hydrogens is 286 g/mol. The van der Waals surface area contributed by atoms with Crippen molar-refractivity contribution < 1.29 is 4.79 Å². The van der Waals surface area contributed by atoms with Gasteiger partial charge in [-0.3, -0.25) is 4.79 Å². The summed E-state index contributed by atoms with van der Waals surface area (Å²) < 4.78 is 0. The Hall–Kier alpha value is -1.26. The summed E-state index contributed by atoms with van der Waals surface area (Å²) >= 11 is 3.28. The van der Waals surface area contributed by atoms with Gasteiger partial charge in [-0.25, -0.2) is 0 Å². The molecule has 2 aromatic rings. The van der Waals surface area contributed by atoms with E-state index in [-0.39, 0.29) is 11.2 Å². The molecule has 2 rings (SSSR count). The molecule has 0 fully saturated rings. The number of hydrogen-bond donors (Lipinski definition) is 1. The molecule has 0 bridgehead atoms. The maximum absolute atomic E-state index is 12.1. The summed E-state index contributed by atoms with van der Waals surface area (Å²) in [5.41, 5.74) is 2.48. The van der Waals surface area contributed by atoms with Crippen LogP contribution in [0.1, 0.15) is 22.9 Å². The molecule has 1 unspecified atom stereocenters. The van der Waals surface area contributed by atoms with Crippen molar-refractivity contribution in [2.45, 2.75) is 37.5 Å². The van der Waals surface area contributed by atoms with Gasteiger partial charge in [0.05, 0.1) is 11.8 Å². The van der Waals surface area contributed by atoms with Crippen LogP contribution in [0.4, 0.5) is 0 Å². The molecule has 1 aromatic heterocycles. The van der Waals surface area contributed by atoms with Crippen LogP contribution in [0, 0.1) is 13.8 Å². The van der Waals surface area contributed by atoms with Crippen LogP contribution in [0.15, 0.2) is 40.6 Å². The molecule has 1 heterocycles. The topological polar surface area (TPSA) is 29.1 Å². The van der Waals surface area contributed by atoms with E-state index in [2.05, 4.69) is 37.4 Å². The highest BCUT2D eigenvalue weighted by Crippen LogP contribution is 2.27. The van der Waals surface area contributed by atoms with Crippen LogP contribution < -0.4 is 5.32 Å². The third-order valence-electron chi connectivity index (χ3n) is 3.02. The van der Waals surface area contributed by atoms with E-state index in [4.69, 9.17) is 0 Å². The Balaban J connectivity index is 1.90. The van der Waals surface area contributed by atoms with Gasteiger partial charge in [0.1, 0.15) is 0 Å². The zero-order valence-corrected chi connectivity index (χ0v) is 13.6. The van der Waals surface area contributed by atoms with Crippen LogP contribution in [-0.4, -0.2) is 11.2 Å². The molecule has 1 aromatic carbocycles. The second-order valence-corrected chi connectivity index (χ2v) is 7.24. The summed E-state index contributed by atoms with van der Waals surface area (Å²) in [7, 11) is 0. The number of amides is 1. The lowest BCUT2D eigenvalue weighted by molar-refractivity contribution is -0.120. The fraction of sp³-hybridized carbons (Fsp3) is 0.312. The first-order valence-electron chi connectivity index (χ1n) is 6.60. The summed E-state index contributed by atoms with van der Waals surface area (Å²) in [5, 5.41) is 4.92. The highest BCUT2D eigenvalue weighted by atomic mass is 32.2. The van der Waals surface area contributed by atoms with Crippen molar-refractivity contribution in [1.29, 1.82) is 0 Å². The molecule has 0 aliphatic rings. The quantitative estimate of drug-likeness (QED) is 0.840. The number of hydrogen-bond acceptors (Lipinski definition) is 3. The van der Waals surface area contributed by atoms with Crippen LogP contribution >= 0.6 is 23.1 Å². The molecule has 0 saturated heterocycles. The lowest BCUT2D eigenvalue weighted by Gasteiger charge is -2.13. The summed E-state index contributed by atoms with van der Waals surface area (Å²) in [6, 6.07) is 10.4. The third kappa shape index (κ3) is 4.12. The van der Waals surface area contributed by atoms with Crippen molar-refractivity contribution in [3.05, 3.63) is 51.7 Å². The van der Waals surface area contributed by atoms with E-state index in [0.29, 0.717) is 6.54 Å². The predicted octanol–water partition coefficient (Wildman–Crippen LogP) is 4.16. The van der Waals surface area contributed by atoms with E-state index in [1.54, 1.807) is 23.1 Å². The minimum atomic E-state index is -0.0867. The molecule has 2 nitrogen and oxygen atoms in total. The number of rotatable bonds is 5. The zero-order valence-electron chi connectivity index (χ0n) is 12.0. The van der Waals surface area contributed by atoms with Crippen LogP contribution in [0.5, 0.6) is 0 Å². The van der Waals surface area contributed by atoms with Gasteiger partial charge in [0.15, 0.2) is 0 Å². The van der Waals surface area contributed by atoms with Crippen molar-refractivity contribution in [1.82, 2.24) is 5.32 Å². The molecular formula is C16H19NOS2. The zero-order chi connectivity index (χ0) is 14.5. The van der Waals surface area contributed by atoms with Crippen LogP contribution in [0.2, 0.25) is 0 Å². The Bertz CT molecular complexity index is 578. The molecule has 20 heavy (non-hydrogen) atoms. The average molecular weight is 305 g/mol. The van der Waals surface area contributed by atoms with E-state index < -0.39 is 0 Å². The van der Waals surface area contributed by atoms with E-state index in [9.17, 15) is 4.79 Å². The van der Waals surface area contributed by atoms with Gasteiger partial charge in [0.2, 0.25) is 5.91 Å². The first kappa shape index (κ1) is 15.1. The second-order valence-electron chi connectivity index (χ2n) is 4.83. The van der Waals surface area contributed by atoms with Crippen LogP contribution in [-0.2, 0) is 11.3 Å². The van der Waals surface area contributed by atoms with Gasteiger partial charge < -0.3 is 5.32 Å². The van der Waals surface area contributed by atoms with Gasteiger partial charge in [0.25, 0.3) is 0 Å². The van der Waals surface area contributed by atoms with Crippen LogP contribution in [0.3, 0.4) is 0 Å². The van der Waals surface area contributed by atoms with E-state index in [0.717, 1.165) is 0 Å². The third-order valence-corrected chi connectivity index (χ3v) is 5.18. The maximum Gasteiger partial charge on any atom is 0.233 e. The smallest absolute Gasteiger partial charge is 0.233 e. The molecule has 1 atom stereocenters. The number of carbonyl (C=O) groups excluding carboxylic acids is 1. The number of thiophene rings is 1. The van der Waals surface area contributed by atoms with Gasteiger partial charge in [-0.15, -0.1) is 23.1 Å². The minimum Gasteiger partial charge on any atom is -0.350 e. The lowest BCUT2D eigenvalue weighted by atomic mass is 10.2. The lowest BCUT2D eigenvalue weighted by Crippen LogP contribution is -2.30. The number of thioether (sulfide) groups is 1. The Morgan fingerprint density at radius 2 is 2.15 bits per heavy atom. The van der Waals surface area contributed by atoms with Gasteiger partial charge >= 0.3 is 0 Å². The molecule has 1 amide bonds. The first-order chi connectivity index (χ1) is 9.56. The normalized spacial score (nSPS) is 12.2. The number of aryl methyl sites for hydroxylation is 2. The highest BCUT2D eigenvalue weighted by molar-refractivity contribution is 8.00. The molecule has 1 N–H and O–H groups in total. The second kappa shape index (κ2) is 6.95. The molecule has 0 saturated carbocycles. The molecule has 0 radical (unpaired) electrons. The Morgan fingerprint density at radius 1 is 1.35 bits per heavy atom. The van der Waals surface area contributed by atoms with E-state index >= 15 is 0 Å². The largest absolute Gasteiger partial charge is 0.350 e. The van der Waals surface area contributed by atoms with Crippen molar-refractivity contribution >= 4 is 29.0 Å². The highest BCUT2D eigenvalue weighted by Gasteiger charge is 2.15. The van der Waals surface area contributed by atoms with E-state index in [1.165, 1.54) is 20.9 Å². The van der Waals surface area contributed by atoms with E-state index in [1.807, 2.05) is 24.4 Å². The summed E-state index contributed by atoms with van der Waals surface area (Å²) in [6.45, 7) is 6.74. The average Bonchev–Trinajstić information content (AvgIpc) is 2.92. The monoisotopic (exact) mass is 305 g/mol.